The molecule has 0 unspecified atom stereocenters. The molecule has 0 amide bonds. The molecule has 7 nitrogen and oxygen atoms in total. The summed E-state index contributed by atoms with van der Waals surface area (Å²) in [5.74, 6) is -1.04. The normalized spacial score (nSPS) is 10.5. The first kappa shape index (κ1) is 19.3. The fraction of sp³-hybridized carbons (Fsp3) is 0.111. The van der Waals surface area contributed by atoms with E-state index in [1.54, 1.807) is 19.1 Å². The third-order valence-electron chi connectivity index (χ3n) is 3.24. The minimum atomic E-state index is -0.696. The maximum absolute atomic E-state index is 12.2. The number of ether oxygens (including phenoxy) is 2. The number of halogens is 1. The zero-order valence-corrected chi connectivity index (χ0v) is 15.3. The molecule has 0 fully saturated rings. The number of carbonyl (C=O) groups is 2. The van der Waals surface area contributed by atoms with Crippen molar-refractivity contribution in [3.63, 3.8) is 0 Å². The van der Waals surface area contributed by atoms with Crippen LogP contribution < -0.4 is 4.74 Å². The average Bonchev–Trinajstić information content (AvgIpc) is 2.63. The number of nitrogens with zero attached hydrogens (tertiary/aromatic N) is 1. The van der Waals surface area contributed by atoms with Crippen molar-refractivity contribution >= 4 is 39.6 Å². The van der Waals surface area contributed by atoms with Crippen LogP contribution in [0.15, 0.2) is 53.2 Å². The fourth-order valence-corrected chi connectivity index (χ4v) is 2.42. The first-order valence-electron chi connectivity index (χ1n) is 7.53. The van der Waals surface area contributed by atoms with E-state index in [9.17, 15) is 19.7 Å². The summed E-state index contributed by atoms with van der Waals surface area (Å²) in [4.78, 5) is 33.8. The number of para-hydroxylation sites is 1. The molecule has 2 aromatic rings. The molecule has 8 heteroatoms. The topological polar surface area (TPSA) is 95.7 Å². The predicted octanol–water partition coefficient (Wildman–Crippen LogP) is 4.50. The van der Waals surface area contributed by atoms with E-state index < -0.39 is 16.9 Å². The van der Waals surface area contributed by atoms with E-state index in [0.717, 1.165) is 6.26 Å². The maximum atomic E-state index is 12.2. The van der Waals surface area contributed by atoms with E-state index in [0.29, 0.717) is 10.0 Å². The molecule has 0 radical (unpaired) electrons. The lowest BCUT2D eigenvalue weighted by Crippen LogP contribution is -2.10. The van der Waals surface area contributed by atoms with Gasteiger partial charge in [-0.05, 0) is 45.8 Å². The van der Waals surface area contributed by atoms with Crippen LogP contribution in [0.5, 0.6) is 5.75 Å². The number of non-ortho nitro benzene ring substituents is 1. The van der Waals surface area contributed by atoms with Crippen molar-refractivity contribution in [2.75, 3.05) is 0 Å². The summed E-state index contributed by atoms with van der Waals surface area (Å²) in [5, 5.41) is 10.7. The van der Waals surface area contributed by atoms with Crippen molar-refractivity contribution in [1.82, 2.24) is 0 Å². The zero-order chi connectivity index (χ0) is 19.1. The molecule has 0 heterocycles. The predicted molar refractivity (Wildman–Crippen MR) is 97.6 cm³/mol. The second-order valence-corrected chi connectivity index (χ2v) is 5.85. The first-order valence-corrected chi connectivity index (χ1v) is 8.33. The van der Waals surface area contributed by atoms with Crippen molar-refractivity contribution in [2.24, 2.45) is 0 Å². The largest absolute Gasteiger partial charge is 0.431 e. The molecule has 0 atom stereocenters. The number of nitro benzene ring substituents is 1. The summed E-state index contributed by atoms with van der Waals surface area (Å²) in [5.41, 5.74) is 0.647. The van der Waals surface area contributed by atoms with Gasteiger partial charge in [-0.2, -0.15) is 0 Å². The Kier molecular flexibility index (Phi) is 6.62. The second kappa shape index (κ2) is 8.91. The highest BCUT2D eigenvalue weighted by molar-refractivity contribution is 9.10. The average molecular weight is 420 g/mol. The van der Waals surface area contributed by atoms with Crippen LogP contribution >= 0.6 is 15.9 Å². The van der Waals surface area contributed by atoms with Gasteiger partial charge in [0.15, 0.2) is 0 Å². The van der Waals surface area contributed by atoms with Gasteiger partial charge in [-0.3, -0.25) is 14.9 Å². The lowest BCUT2D eigenvalue weighted by atomic mass is 10.2. The summed E-state index contributed by atoms with van der Waals surface area (Å²) in [7, 11) is 0. The lowest BCUT2D eigenvalue weighted by Gasteiger charge is -2.07. The van der Waals surface area contributed by atoms with Gasteiger partial charge in [0.05, 0.1) is 11.2 Å². The van der Waals surface area contributed by atoms with Crippen LogP contribution in [0.4, 0.5) is 5.69 Å². The zero-order valence-electron chi connectivity index (χ0n) is 13.7. The molecule has 26 heavy (non-hydrogen) atoms. The van der Waals surface area contributed by atoms with Gasteiger partial charge in [-0.25, -0.2) is 4.79 Å². The molecule has 134 valence electrons. The van der Waals surface area contributed by atoms with Crippen molar-refractivity contribution in [1.29, 1.82) is 0 Å². The molecule has 0 aromatic heterocycles. The summed E-state index contributed by atoms with van der Waals surface area (Å²) >= 11 is 3.22. The number of esters is 2. The molecule has 0 N–H and O–H groups in total. The molecule has 0 saturated carbocycles. The monoisotopic (exact) mass is 419 g/mol. The smallest absolute Gasteiger partial charge is 0.346 e. The summed E-state index contributed by atoms with van der Waals surface area (Å²) in [6.07, 6.45) is 2.82. The minimum absolute atomic E-state index is 0.0577. The highest BCUT2D eigenvalue weighted by Gasteiger charge is 2.15. The Bertz CT molecular complexity index is 878. The van der Waals surface area contributed by atoms with Crippen LogP contribution in [0.25, 0.3) is 6.08 Å². The second-order valence-electron chi connectivity index (χ2n) is 4.99. The first-order chi connectivity index (χ1) is 12.4. The van der Waals surface area contributed by atoms with Gasteiger partial charge < -0.3 is 9.47 Å². The van der Waals surface area contributed by atoms with Crippen LogP contribution in [0.3, 0.4) is 0 Å². The van der Waals surface area contributed by atoms with Gasteiger partial charge in [0.2, 0.25) is 0 Å². The molecule has 0 aliphatic heterocycles. The van der Waals surface area contributed by atoms with Crippen LogP contribution in [-0.2, 0) is 9.53 Å². The van der Waals surface area contributed by atoms with Gasteiger partial charge in [-0.15, -0.1) is 0 Å². The van der Waals surface area contributed by atoms with E-state index in [2.05, 4.69) is 15.9 Å². The number of rotatable bonds is 6. The number of nitro groups is 1. The van der Waals surface area contributed by atoms with Crippen molar-refractivity contribution in [2.45, 2.75) is 13.3 Å². The lowest BCUT2D eigenvalue weighted by molar-refractivity contribution is -0.384. The van der Waals surface area contributed by atoms with Crippen LogP contribution in [0.2, 0.25) is 0 Å². The SMILES string of the molecule is CCC(=O)Oc1ccccc1C(=O)OC=Cc1ccc([N+](=O)[O-])cc1Br. The standard InChI is InChI=1S/C18H14BrNO6/c1-2-17(21)26-16-6-4-3-5-14(16)18(22)25-10-9-12-7-8-13(20(23)24)11-15(12)19/h3-11H,2H2,1H3. The summed E-state index contributed by atoms with van der Waals surface area (Å²) in [6, 6.07) is 10.4. The molecule has 0 spiro atoms. The van der Waals surface area contributed by atoms with Gasteiger partial charge in [0.25, 0.3) is 5.69 Å². The maximum Gasteiger partial charge on any atom is 0.346 e. The highest BCUT2D eigenvalue weighted by atomic mass is 79.9. The molecule has 0 bridgehead atoms. The van der Waals surface area contributed by atoms with E-state index in [1.165, 1.54) is 36.4 Å². The van der Waals surface area contributed by atoms with E-state index >= 15 is 0 Å². The van der Waals surface area contributed by atoms with Crippen molar-refractivity contribution < 1.29 is 24.0 Å². The number of hydrogen-bond donors (Lipinski definition) is 0. The molecular weight excluding hydrogens is 406 g/mol. The van der Waals surface area contributed by atoms with Crippen LogP contribution in [0, 0.1) is 10.1 Å². The fourth-order valence-electron chi connectivity index (χ4n) is 1.92. The number of benzene rings is 2. The number of carbonyl (C=O) groups excluding carboxylic acids is 2. The molecule has 0 aliphatic rings. The summed E-state index contributed by atoms with van der Waals surface area (Å²) < 4.78 is 10.6. The Morgan fingerprint density at radius 1 is 1.23 bits per heavy atom. The quantitative estimate of drug-likeness (QED) is 0.225. The third-order valence-corrected chi connectivity index (χ3v) is 3.92. The Hall–Kier alpha value is -3.00. The Balaban J connectivity index is 2.11. The molecular formula is C18H14BrNO6. The molecule has 0 saturated heterocycles. The summed E-state index contributed by atoms with van der Waals surface area (Å²) in [6.45, 7) is 1.65. The van der Waals surface area contributed by atoms with E-state index in [-0.39, 0.29) is 23.4 Å². The minimum Gasteiger partial charge on any atom is -0.431 e. The molecule has 2 rings (SSSR count). The van der Waals surface area contributed by atoms with Crippen LogP contribution in [-0.4, -0.2) is 16.9 Å². The highest BCUT2D eigenvalue weighted by Crippen LogP contribution is 2.24. The van der Waals surface area contributed by atoms with E-state index in [1.807, 2.05) is 0 Å². The van der Waals surface area contributed by atoms with Crippen LogP contribution in [0.1, 0.15) is 29.3 Å². The Labute approximate surface area is 157 Å². The van der Waals surface area contributed by atoms with Crippen molar-refractivity contribution in [3.8, 4) is 5.75 Å². The Morgan fingerprint density at radius 2 is 1.96 bits per heavy atom. The molecule has 2 aromatic carbocycles. The van der Waals surface area contributed by atoms with Gasteiger partial charge >= 0.3 is 11.9 Å². The van der Waals surface area contributed by atoms with Crippen molar-refractivity contribution in [3.05, 3.63) is 74.4 Å². The van der Waals surface area contributed by atoms with Gasteiger partial charge in [0.1, 0.15) is 11.3 Å². The Morgan fingerprint density at radius 3 is 2.62 bits per heavy atom. The number of hydrogen-bond acceptors (Lipinski definition) is 6. The third kappa shape index (κ3) is 5.00. The van der Waals surface area contributed by atoms with Gasteiger partial charge in [0, 0.05) is 23.0 Å². The van der Waals surface area contributed by atoms with Gasteiger partial charge in [-0.1, -0.05) is 19.1 Å². The molecule has 0 aliphatic carbocycles. The van der Waals surface area contributed by atoms with E-state index in [4.69, 9.17) is 9.47 Å².